The van der Waals surface area contributed by atoms with Crippen LogP contribution in [0.4, 0.5) is 5.69 Å². The molecular weight excluding hydrogens is 312 g/mol. The number of rotatable bonds is 4. The average molecular weight is 328 g/mol. The number of sulfonamides is 1. The van der Waals surface area contributed by atoms with Crippen molar-refractivity contribution in [1.29, 1.82) is 0 Å². The van der Waals surface area contributed by atoms with Gasteiger partial charge in [-0.15, -0.1) is 0 Å². The lowest BCUT2D eigenvalue weighted by Gasteiger charge is -2.17. The lowest BCUT2D eigenvalue weighted by Crippen LogP contribution is -2.17. The summed E-state index contributed by atoms with van der Waals surface area (Å²) >= 11 is 0. The van der Waals surface area contributed by atoms with Crippen LogP contribution in [0.3, 0.4) is 0 Å². The largest absolute Gasteiger partial charge is 0.366 e. The first-order valence-corrected chi connectivity index (χ1v) is 8.65. The van der Waals surface area contributed by atoms with E-state index in [0.29, 0.717) is 29.0 Å². The Morgan fingerprint density at radius 3 is 2.39 bits per heavy atom. The maximum absolute atomic E-state index is 12.5. The summed E-state index contributed by atoms with van der Waals surface area (Å²) in [5.41, 5.74) is 7.98. The lowest BCUT2D eigenvalue weighted by atomic mass is 9.98. The molecule has 0 atom stereocenters. The van der Waals surface area contributed by atoms with E-state index in [1.54, 1.807) is 6.08 Å². The van der Waals surface area contributed by atoms with Crippen molar-refractivity contribution in [1.82, 2.24) is 0 Å². The first-order chi connectivity index (χ1) is 11.0. The van der Waals surface area contributed by atoms with Gasteiger partial charge in [0.15, 0.2) is 0 Å². The van der Waals surface area contributed by atoms with Gasteiger partial charge in [0.2, 0.25) is 5.91 Å². The third-order valence-electron chi connectivity index (χ3n) is 3.78. The van der Waals surface area contributed by atoms with E-state index in [4.69, 9.17) is 5.73 Å². The molecule has 2 aromatic carbocycles. The number of benzene rings is 2. The third kappa shape index (κ3) is 3.27. The molecule has 0 aliphatic heterocycles. The topological polar surface area (TPSA) is 89.3 Å². The molecule has 1 aliphatic carbocycles. The number of hydrogen-bond acceptors (Lipinski definition) is 3. The predicted molar refractivity (Wildman–Crippen MR) is 90.2 cm³/mol. The van der Waals surface area contributed by atoms with Gasteiger partial charge in [0.1, 0.15) is 0 Å². The number of nitrogens with two attached hydrogens (primary N) is 1. The molecule has 0 saturated carbocycles. The van der Waals surface area contributed by atoms with Gasteiger partial charge in [-0.3, -0.25) is 9.52 Å². The fourth-order valence-corrected chi connectivity index (χ4v) is 3.77. The number of carbonyl (C=O) groups excluding carboxylic acids is 1. The van der Waals surface area contributed by atoms with Gasteiger partial charge >= 0.3 is 0 Å². The average Bonchev–Trinajstić information content (AvgIpc) is 2.54. The standard InChI is InChI=1S/C17H16N2O3S/c18-17(20)13-5-8-15(9-6-13)19-23(21,22)16-10-7-12-3-1-2-4-14(12)11-16/h1-6,8-9,11,19H,7,10H2,(H2,18,20). The van der Waals surface area contributed by atoms with Gasteiger partial charge in [-0.1, -0.05) is 24.3 Å². The van der Waals surface area contributed by atoms with Crippen LogP contribution in [0, 0.1) is 0 Å². The third-order valence-corrected chi connectivity index (χ3v) is 5.30. The second-order valence-electron chi connectivity index (χ2n) is 5.36. The molecule has 3 rings (SSSR count). The molecule has 23 heavy (non-hydrogen) atoms. The molecule has 3 N–H and O–H groups in total. The number of aryl methyl sites for hydroxylation is 1. The number of anilines is 1. The first kappa shape index (κ1) is 15.3. The Bertz CT molecular complexity index is 884. The highest BCUT2D eigenvalue weighted by molar-refractivity contribution is 7.96. The molecule has 2 aromatic rings. The second-order valence-corrected chi connectivity index (χ2v) is 7.09. The SMILES string of the molecule is NC(=O)c1ccc(NS(=O)(=O)C2=Cc3ccccc3CC2)cc1. The lowest BCUT2D eigenvalue weighted by molar-refractivity contribution is 0.100. The zero-order chi connectivity index (χ0) is 16.4. The van der Waals surface area contributed by atoms with E-state index in [2.05, 4.69) is 4.72 Å². The van der Waals surface area contributed by atoms with Crippen LogP contribution in [0.5, 0.6) is 0 Å². The first-order valence-electron chi connectivity index (χ1n) is 7.17. The summed E-state index contributed by atoms with van der Waals surface area (Å²) in [4.78, 5) is 11.4. The van der Waals surface area contributed by atoms with E-state index in [1.807, 2.05) is 24.3 Å². The summed E-state index contributed by atoms with van der Waals surface area (Å²) in [5.74, 6) is -0.550. The maximum atomic E-state index is 12.5. The summed E-state index contributed by atoms with van der Waals surface area (Å²) < 4.78 is 27.6. The fourth-order valence-electron chi connectivity index (χ4n) is 2.54. The maximum Gasteiger partial charge on any atom is 0.258 e. The Morgan fingerprint density at radius 1 is 1.00 bits per heavy atom. The molecule has 0 saturated heterocycles. The van der Waals surface area contributed by atoms with Gasteiger partial charge in [-0.05, 0) is 54.3 Å². The van der Waals surface area contributed by atoms with Crippen molar-refractivity contribution in [3.8, 4) is 0 Å². The Hall–Kier alpha value is -2.60. The normalized spacial score (nSPS) is 13.8. The van der Waals surface area contributed by atoms with Crippen LogP contribution in [0.15, 0.2) is 53.4 Å². The summed E-state index contributed by atoms with van der Waals surface area (Å²) in [6.07, 6.45) is 2.87. The summed E-state index contributed by atoms with van der Waals surface area (Å²) in [6, 6.07) is 13.8. The molecule has 0 fully saturated rings. The van der Waals surface area contributed by atoms with E-state index in [1.165, 1.54) is 24.3 Å². The van der Waals surface area contributed by atoms with Crippen LogP contribution in [0.1, 0.15) is 27.9 Å². The molecule has 5 nitrogen and oxygen atoms in total. The number of amides is 1. The smallest absolute Gasteiger partial charge is 0.258 e. The number of carbonyl (C=O) groups is 1. The van der Waals surface area contributed by atoms with E-state index < -0.39 is 15.9 Å². The van der Waals surface area contributed by atoms with Gasteiger partial charge in [-0.2, -0.15) is 0 Å². The van der Waals surface area contributed by atoms with Gasteiger partial charge in [0, 0.05) is 11.3 Å². The molecule has 1 amide bonds. The highest BCUT2D eigenvalue weighted by atomic mass is 32.2. The van der Waals surface area contributed by atoms with Gasteiger partial charge < -0.3 is 5.73 Å². The molecule has 0 aromatic heterocycles. The highest BCUT2D eigenvalue weighted by Gasteiger charge is 2.21. The molecule has 0 bridgehead atoms. The van der Waals surface area contributed by atoms with Gasteiger partial charge in [-0.25, -0.2) is 8.42 Å². The molecule has 0 spiro atoms. The quantitative estimate of drug-likeness (QED) is 0.903. The number of hydrogen-bond donors (Lipinski definition) is 2. The van der Waals surface area contributed by atoms with Crippen molar-refractivity contribution < 1.29 is 13.2 Å². The van der Waals surface area contributed by atoms with Crippen molar-refractivity contribution in [3.63, 3.8) is 0 Å². The van der Waals surface area contributed by atoms with Crippen LogP contribution in [-0.2, 0) is 16.4 Å². The fraction of sp³-hybridized carbons (Fsp3) is 0.118. The number of nitrogens with one attached hydrogen (secondary N) is 1. The zero-order valence-corrected chi connectivity index (χ0v) is 13.1. The Morgan fingerprint density at radius 2 is 1.70 bits per heavy atom. The molecule has 0 heterocycles. The Labute approximate surface area is 134 Å². The monoisotopic (exact) mass is 328 g/mol. The summed E-state index contributed by atoms with van der Waals surface area (Å²) in [5, 5.41) is 0. The van der Waals surface area contributed by atoms with Crippen LogP contribution in [0.2, 0.25) is 0 Å². The van der Waals surface area contributed by atoms with Crippen LogP contribution < -0.4 is 10.5 Å². The predicted octanol–water partition coefficient (Wildman–Crippen LogP) is 2.51. The molecule has 6 heteroatoms. The van der Waals surface area contributed by atoms with Crippen molar-refractivity contribution in [2.45, 2.75) is 12.8 Å². The van der Waals surface area contributed by atoms with E-state index >= 15 is 0 Å². The van der Waals surface area contributed by atoms with Crippen LogP contribution >= 0.6 is 0 Å². The molecule has 1 aliphatic rings. The minimum absolute atomic E-state index is 0.332. The molecular formula is C17H16N2O3S. The number of primary amides is 1. The summed E-state index contributed by atoms with van der Waals surface area (Å²) in [7, 11) is -3.62. The number of allylic oxidation sites excluding steroid dienone is 1. The zero-order valence-electron chi connectivity index (χ0n) is 12.3. The minimum Gasteiger partial charge on any atom is -0.366 e. The highest BCUT2D eigenvalue weighted by Crippen LogP contribution is 2.28. The molecule has 0 unspecified atom stereocenters. The Kier molecular flexibility index (Phi) is 3.92. The number of fused-ring (bicyclic) bond motifs is 1. The van der Waals surface area contributed by atoms with Crippen LogP contribution in [-0.4, -0.2) is 14.3 Å². The van der Waals surface area contributed by atoms with Crippen molar-refractivity contribution >= 4 is 27.7 Å². The van der Waals surface area contributed by atoms with E-state index in [-0.39, 0.29) is 0 Å². The van der Waals surface area contributed by atoms with E-state index in [0.717, 1.165) is 11.1 Å². The minimum atomic E-state index is -3.62. The van der Waals surface area contributed by atoms with E-state index in [9.17, 15) is 13.2 Å². The second kappa shape index (κ2) is 5.89. The van der Waals surface area contributed by atoms with Crippen molar-refractivity contribution in [2.75, 3.05) is 4.72 Å². The van der Waals surface area contributed by atoms with Crippen LogP contribution in [0.25, 0.3) is 6.08 Å². The molecule has 0 radical (unpaired) electrons. The van der Waals surface area contributed by atoms with Crippen molar-refractivity contribution in [3.05, 3.63) is 70.1 Å². The molecule has 118 valence electrons. The van der Waals surface area contributed by atoms with Gasteiger partial charge in [0.25, 0.3) is 10.0 Å². The summed E-state index contributed by atoms with van der Waals surface area (Å²) in [6.45, 7) is 0. The Balaban J connectivity index is 1.85. The van der Waals surface area contributed by atoms with Gasteiger partial charge in [0.05, 0.1) is 4.91 Å². The van der Waals surface area contributed by atoms with Crippen molar-refractivity contribution in [2.24, 2.45) is 5.73 Å².